The van der Waals surface area contributed by atoms with E-state index >= 15 is 0 Å². The Balaban J connectivity index is 1.60. The highest BCUT2D eigenvalue weighted by Gasteiger charge is 2.23. The topological polar surface area (TPSA) is 58.2 Å². The molecule has 1 aliphatic carbocycles. The van der Waals surface area contributed by atoms with Gasteiger partial charge in [0.15, 0.2) is 0 Å². The van der Waals surface area contributed by atoms with Gasteiger partial charge in [-0.1, -0.05) is 35.3 Å². The molecule has 24 heavy (non-hydrogen) atoms. The van der Waals surface area contributed by atoms with E-state index in [0.717, 1.165) is 18.4 Å². The van der Waals surface area contributed by atoms with Gasteiger partial charge in [0.25, 0.3) is 5.91 Å². The molecule has 1 saturated carbocycles. The Kier molecular flexibility index (Phi) is 5.07. The van der Waals surface area contributed by atoms with E-state index in [-0.39, 0.29) is 11.8 Å². The van der Waals surface area contributed by atoms with Gasteiger partial charge in [-0.15, -0.1) is 0 Å². The van der Waals surface area contributed by atoms with Crippen LogP contribution in [0.25, 0.3) is 0 Å². The number of rotatable bonds is 5. The average Bonchev–Trinajstić information content (AvgIpc) is 3.33. The third-order valence-corrected chi connectivity index (χ3v) is 4.24. The van der Waals surface area contributed by atoms with Gasteiger partial charge in [0, 0.05) is 16.8 Å². The van der Waals surface area contributed by atoms with E-state index < -0.39 is 0 Å². The largest absolute Gasteiger partial charge is 0.353 e. The number of amides is 2. The Morgan fingerprint density at radius 2 is 1.75 bits per heavy atom. The first-order valence-corrected chi connectivity index (χ1v) is 8.41. The molecule has 3 rings (SSSR count). The third-order valence-electron chi connectivity index (χ3n) is 3.69. The van der Waals surface area contributed by atoms with Crippen molar-refractivity contribution in [3.05, 3.63) is 63.6 Å². The minimum Gasteiger partial charge on any atom is -0.353 e. The normalized spacial score (nSPS) is 13.4. The molecule has 0 bridgehead atoms. The molecule has 0 radical (unpaired) electrons. The zero-order chi connectivity index (χ0) is 17.1. The minimum absolute atomic E-state index is 0.0298. The molecule has 0 aromatic heterocycles. The van der Waals surface area contributed by atoms with E-state index in [1.165, 1.54) is 6.07 Å². The van der Waals surface area contributed by atoms with Crippen molar-refractivity contribution in [2.75, 3.05) is 5.32 Å². The molecule has 2 aromatic rings. The highest BCUT2D eigenvalue weighted by Crippen LogP contribution is 2.22. The van der Waals surface area contributed by atoms with Crippen LogP contribution in [0.4, 0.5) is 5.69 Å². The summed E-state index contributed by atoms with van der Waals surface area (Å²) in [6.45, 7) is 0. The number of anilines is 1. The molecule has 1 fully saturated rings. The molecule has 124 valence electrons. The van der Waals surface area contributed by atoms with Crippen molar-refractivity contribution in [3.63, 3.8) is 0 Å². The third kappa shape index (κ3) is 4.49. The van der Waals surface area contributed by atoms with Gasteiger partial charge in [-0.25, -0.2) is 0 Å². The van der Waals surface area contributed by atoms with Crippen LogP contribution in [0.3, 0.4) is 0 Å². The van der Waals surface area contributed by atoms with Crippen LogP contribution >= 0.6 is 23.2 Å². The number of nitrogens with one attached hydrogen (secondary N) is 2. The smallest absolute Gasteiger partial charge is 0.257 e. The molecule has 1 aliphatic rings. The number of hydrogen-bond donors (Lipinski definition) is 2. The van der Waals surface area contributed by atoms with Crippen molar-refractivity contribution in [2.24, 2.45) is 0 Å². The van der Waals surface area contributed by atoms with Crippen molar-refractivity contribution < 1.29 is 9.59 Å². The predicted molar refractivity (Wildman–Crippen MR) is 95.7 cm³/mol. The lowest BCUT2D eigenvalue weighted by molar-refractivity contribution is -0.120. The molecule has 2 aromatic carbocycles. The molecule has 2 amide bonds. The first-order valence-electron chi connectivity index (χ1n) is 7.66. The van der Waals surface area contributed by atoms with Crippen molar-refractivity contribution in [3.8, 4) is 0 Å². The van der Waals surface area contributed by atoms with E-state index in [1.54, 1.807) is 24.3 Å². The number of benzene rings is 2. The van der Waals surface area contributed by atoms with E-state index in [1.807, 2.05) is 12.1 Å². The Morgan fingerprint density at radius 1 is 1.04 bits per heavy atom. The molecule has 0 saturated heterocycles. The van der Waals surface area contributed by atoms with E-state index in [9.17, 15) is 9.59 Å². The van der Waals surface area contributed by atoms with Gasteiger partial charge in [0.2, 0.25) is 5.91 Å². The zero-order valence-corrected chi connectivity index (χ0v) is 14.3. The maximum absolute atomic E-state index is 12.2. The number of carbonyl (C=O) groups is 2. The maximum Gasteiger partial charge on any atom is 0.257 e. The second-order valence-electron chi connectivity index (χ2n) is 5.79. The van der Waals surface area contributed by atoms with Gasteiger partial charge >= 0.3 is 0 Å². The van der Waals surface area contributed by atoms with Crippen LogP contribution in [0.2, 0.25) is 10.0 Å². The Morgan fingerprint density at radius 3 is 2.38 bits per heavy atom. The zero-order valence-electron chi connectivity index (χ0n) is 12.8. The van der Waals surface area contributed by atoms with Crippen LogP contribution in [0.15, 0.2) is 42.5 Å². The van der Waals surface area contributed by atoms with Gasteiger partial charge in [-0.05, 0) is 48.7 Å². The van der Waals surface area contributed by atoms with Gasteiger partial charge in [-0.3, -0.25) is 9.59 Å². The van der Waals surface area contributed by atoms with Crippen LogP contribution < -0.4 is 10.6 Å². The van der Waals surface area contributed by atoms with Gasteiger partial charge in [-0.2, -0.15) is 0 Å². The molecule has 0 atom stereocenters. The second-order valence-corrected chi connectivity index (χ2v) is 6.64. The summed E-state index contributed by atoms with van der Waals surface area (Å²) in [4.78, 5) is 24.0. The van der Waals surface area contributed by atoms with Crippen LogP contribution in [-0.2, 0) is 11.2 Å². The molecule has 0 unspecified atom stereocenters. The van der Waals surface area contributed by atoms with E-state index in [0.29, 0.717) is 33.8 Å². The minimum atomic E-state index is -0.309. The summed E-state index contributed by atoms with van der Waals surface area (Å²) >= 11 is 11.9. The molecule has 6 heteroatoms. The average molecular weight is 363 g/mol. The van der Waals surface area contributed by atoms with Crippen LogP contribution in [0.5, 0.6) is 0 Å². The molecular formula is C18H16Cl2N2O2. The first-order chi connectivity index (χ1) is 11.5. The molecule has 2 N–H and O–H groups in total. The monoisotopic (exact) mass is 362 g/mol. The fourth-order valence-electron chi connectivity index (χ4n) is 2.27. The lowest BCUT2D eigenvalue weighted by Crippen LogP contribution is -2.26. The van der Waals surface area contributed by atoms with Gasteiger partial charge < -0.3 is 10.6 Å². The lowest BCUT2D eigenvalue weighted by atomic mass is 10.1. The highest BCUT2D eigenvalue weighted by atomic mass is 35.5. The summed E-state index contributed by atoms with van der Waals surface area (Å²) in [5.41, 5.74) is 1.89. The Labute approximate surface area is 150 Å². The van der Waals surface area contributed by atoms with Crippen molar-refractivity contribution in [2.45, 2.75) is 25.3 Å². The number of carbonyl (C=O) groups excluding carboxylic acids is 2. The SMILES string of the molecule is O=C(Cc1ccc(NC(=O)c2ccc(Cl)cc2Cl)cc1)NC1CC1. The van der Waals surface area contributed by atoms with E-state index in [4.69, 9.17) is 23.2 Å². The summed E-state index contributed by atoms with van der Waals surface area (Å²) in [5, 5.41) is 6.50. The Hall–Kier alpha value is -2.04. The molecule has 4 nitrogen and oxygen atoms in total. The summed E-state index contributed by atoms with van der Waals surface area (Å²) in [6.07, 6.45) is 2.49. The molecule has 0 heterocycles. The molecule has 0 spiro atoms. The van der Waals surface area contributed by atoms with Crippen molar-refractivity contribution in [1.82, 2.24) is 5.32 Å². The lowest BCUT2D eigenvalue weighted by Gasteiger charge is -2.08. The summed E-state index contributed by atoms with van der Waals surface area (Å²) < 4.78 is 0. The van der Waals surface area contributed by atoms with Gasteiger partial charge in [0.05, 0.1) is 17.0 Å². The fraction of sp³-hybridized carbons (Fsp3) is 0.222. The number of hydrogen-bond acceptors (Lipinski definition) is 2. The number of halogens is 2. The van der Waals surface area contributed by atoms with Crippen LogP contribution in [-0.4, -0.2) is 17.9 Å². The summed E-state index contributed by atoms with van der Waals surface area (Å²) in [5.74, 6) is -0.280. The maximum atomic E-state index is 12.2. The van der Waals surface area contributed by atoms with Crippen LogP contribution in [0.1, 0.15) is 28.8 Å². The van der Waals surface area contributed by atoms with Crippen LogP contribution in [0, 0.1) is 0 Å². The Bertz CT molecular complexity index is 771. The first kappa shape index (κ1) is 16.8. The summed E-state index contributed by atoms with van der Waals surface area (Å²) in [6, 6.07) is 12.3. The van der Waals surface area contributed by atoms with E-state index in [2.05, 4.69) is 10.6 Å². The quantitative estimate of drug-likeness (QED) is 0.842. The fourth-order valence-corrected chi connectivity index (χ4v) is 2.76. The van der Waals surface area contributed by atoms with Gasteiger partial charge in [0.1, 0.15) is 0 Å². The van der Waals surface area contributed by atoms with Crippen molar-refractivity contribution >= 4 is 40.7 Å². The molecule has 0 aliphatic heterocycles. The van der Waals surface area contributed by atoms with Crippen molar-refractivity contribution in [1.29, 1.82) is 0 Å². The predicted octanol–water partition coefficient (Wildman–Crippen LogP) is 4.07. The summed E-state index contributed by atoms with van der Waals surface area (Å²) in [7, 11) is 0. The second kappa shape index (κ2) is 7.24. The molecular weight excluding hydrogens is 347 g/mol. The highest BCUT2D eigenvalue weighted by molar-refractivity contribution is 6.37. The standard InChI is InChI=1S/C18H16Cl2N2O2/c19-12-3-8-15(16(20)10-12)18(24)22-14-4-1-11(2-5-14)9-17(23)21-13-6-7-13/h1-5,8,10,13H,6-7,9H2,(H,21,23)(H,22,24).